The van der Waals surface area contributed by atoms with Crippen molar-refractivity contribution in [2.45, 2.75) is 0 Å². The minimum Gasteiger partial charge on any atom is -0.455 e. The number of nitrogens with zero attached hydrogens (tertiary/aromatic N) is 1. The third kappa shape index (κ3) is 6.41. The molecule has 0 aliphatic heterocycles. The Balaban J connectivity index is 1.03. The molecule has 10 aromatic carbocycles. The molecule has 0 fully saturated rings. The zero-order valence-electron chi connectivity index (χ0n) is 32.9. The number of hydrogen-bond donors (Lipinski definition) is 0. The molecule has 0 aliphatic carbocycles. The first kappa shape index (κ1) is 35.2. The van der Waals surface area contributed by atoms with Gasteiger partial charge in [-0.15, -0.1) is 0 Å². The third-order valence-corrected chi connectivity index (χ3v) is 11.7. The summed E-state index contributed by atoms with van der Waals surface area (Å²) >= 11 is 0. The van der Waals surface area contributed by atoms with Crippen LogP contribution in [0.15, 0.2) is 241 Å². The number of para-hydroxylation sites is 2. The normalized spacial score (nSPS) is 11.3. The van der Waals surface area contributed by atoms with Crippen LogP contribution in [0.25, 0.3) is 88.3 Å². The molecule has 0 amide bonds. The monoisotopic (exact) mass is 765 g/mol. The smallest absolute Gasteiger partial charge is 0.145 e. The molecule has 0 saturated heterocycles. The van der Waals surface area contributed by atoms with Gasteiger partial charge in [0.05, 0.1) is 5.69 Å². The van der Waals surface area contributed by atoms with Gasteiger partial charge in [-0.3, -0.25) is 0 Å². The standard InChI is InChI=1S/C58H39NO/c1-3-13-40(14-4-1)41-23-25-42(26-24-41)43-29-34-49(35-30-43)59(50-36-31-44(32-37-50)47-33-38-52-48(39-47)28-27-45-15-7-8-18-51(45)52)55-21-11-9-19-53(55)58-57(46-16-5-2-6-17-46)54-20-10-12-22-56(54)60-58/h1-39H. The molecule has 0 saturated carbocycles. The fraction of sp³-hybridized carbons (Fsp3) is 0. The number of benzene rings is 10. The SMILES string of the molecule is c1ccc(-c2ccc(-c3ccc(N(c4ccc(-c5ccc6c(ccc7ccccc76)c5)cc4)c4ccccc4-c4oc5ccccc5c4-c4ccccc4)cc3)cc2)cc1. The first-order valence-corrected chi connectivity index (χ1v) is 20.5. The molecule has 0 radical (unpaired) electrons. The minimum absolute atomic E-state index is 0.846. The summed E-state index contributed by atoms with van der Waals surface area (Å²) in [5, 5.41) is 6.14. The van der Waals surface area contributed by atoms with Crippen LogP contribution in [-0.4, -0.2) is 0 Å². The molecule has 282 valence electrons. The first-order valence-electron chi connectivity index (χ1n) is 20.5. The Labute approximate surface area is 349 Å². The van der Waals surface area contributed by atoms with Gasteiger partial charge in [-0.1, -0.05) is 188 Å². The lowest BCUT2D eigenvalue weighted by Gasteiger charge is -2.28. The van der Waals surface area contributed by atoms with Crippen molar-refractivity contribution in [1.29, 1.82) is 0 Å². The van der Waals surface area contributed by atoms with E-state index in [4.69, 9.17) is 4.42 Å². The van der Waals surface area contributed by atoms with Crippen LogP contribution in [-0.2, 0) is 0 Å². The lowest BCUT2D eigenvalue weighted by atomic mass is 9.96. The quantitative estimate of drug-likeness (QED) is 0.143. The highest BCUT2D eigenvalue weighted by molar-refractivity contribution is 6.08. The van der Waals surface area contributed by atoms with Crippen LogP contribution in [0.3, 0.4) is 0 Å². The molecule has 1 aromatic heterocycles. The van der Waals surface area contributed by atoms with Gasteiger partial charge in [0.1, 0.15) is 11.3 Å². The Morgan fingerprint density at radius 1 is 0.300 bits per heavy atom. The maximum absolute atomic E-state index is 6.83. The Kier molecular flexibility index (Phi) is 8.87. The average molecular weight is 766 g/mol. The second kappa shape index (κ2) is 15.1. The fourth-order valence-electron chi connectivity index (χ4n) is 8.70. The van der Waals surface area contributed by atoms with E-state index < -0.39 is 0 Å². The van der Waals surface area contributed by atoms with E-state index in [1.807, 2.05) is 6.07 Å². The van der Waals surface area contributed by atoms with E-state index in [0.717, 1.165) is 56.0 Å². The molecule has 2 nitrogen and oxygen atoms in total. The molecule has 0 unspecified atom stereocenters. The Morgan fingerprint density at radius 3 is 1.45 bits per heavy atom. The molecule has 11 rings (SSSR count). The largest absolute Gasteiger partial charge is 0.455 e. The fourth-order valence-corrected chi connectivity index (χ4v) is 8.70. The van der Waals surface area contributed by atoms with Crippen molar-refractivity contribution in [3.05, 3.63) is 237 Å². The van der Waals surface area contributed by atoms with Gasteiger partial charge >= 0.3 is 0 Å². The van der Waals surface area contributed by atoms with Gasteiger partial charge in [0, 0.05) is 27.9 Å². The van der Waals surface area contributed by atoms with Crippen molar-refractivity contribution in [2.75, 3.05) is 4.90 Å². The number of rotatable bonds is 8. The molecule has 1 heterocycles. The molecule has 60 heavy (non-hydrogen) atoms. The lowest BCUT2D eigenvalue weighted by Crippen LogP contribution is -2.11. The Hall–Kier alpha value is -7.94. The van der Waals surface area contributed by atoms with Gasteiger partial charge in [-0.05, 0) is 109 Å². The van der Waals surface area contributed by atoms with Gasteiger partial charge in [0.15, 0.2) is 0 Å². The molecular weight excluding hydrogens is 727 g/mol. The van der Waals surface area contributed by atoms with E-state index in [1.165, 1.54) is 49.4 Å². The van der Waals surface area contributed by atoms with E-state index in [-0.39, 0.29) is 0 Å². The summed E-state index contributed by atoms with van der Waals surface area (Å²) in [4.78, 5) is 2.36. The van der Waals surface area contributed by atoms with E-state index in [1.54, 1.807) is 0 Å². The minimum atomic E-state index is 0.846. The predicted octanol–water partition coefficient (Wildman–Crippen LogP) is 16.5. The number of hydrogen-bond acceptors (Lipinski definition) is 2. The highest BCUT2D eigenvalue weighted by Gasteiger charge is 2.24. The molecular formula is C58H39NO. The summed E-state index contributed by atoms with van der Waals surface area (Å²) in [5.41, 5.74) is 14.3. The van der Waals surface area contributed by atoms with Gasteiger partial charge in [0.2, 0.25) is 0 Å². The molecule has 2 heteroatoms. The summed E-state index contributed by atoms with van der Waals surface area (Å²) < 4.78 is 6.83. The third-order valence-electron chi connectivity index (χ3n) is 11.7. The van der Waals surface area contributed by atoms with Crippen molar-refractivity contribution in [3.63, 3.8) is 0 Å². The average Bonchev–Trinajstić information content (AvgIpc) is 3.72. The Bertz CT molecular complexity index is 3270. The summed E-state index contributed by atoms with van der Waals surface area (Å²) in [5.74, 6) is 0.846. The van der Waals surface area contributed by atoms with Crippen molar-refractivity contribution >= 4 is 49.6 Å². The maximum Gasteiger partial charge on any atom is 0.145 e. The van der Waals surface area contributed by atoms with Crippen LogP contribution in [0.5, 0.6) is 0 Å². The molecule has 0 bridgehead atoms. The number of anilines is 3. The van der Waals surface area contributed by atoms with E-state index in [2.05, 4.69) is 235 Å². The van der Waals surface area contributed by atoms with Crippen LogP contribution in [0, 0.1) is 0 Å². The van der Waals surface area contributed by atoms with Crippen molar-refractivity contribution in [2.24, 2.45) is 0 Å². The van der Waals surface area contributed by atoms with E-state index >= 15 is 0 Å². The van der Waals surface area contributed by atoms with E-state index in [0.29, 0.717) is 0 Å². The summed E-state index contributed by atoms with van der Waals surface area (Å²) in [6.45, 7) is 0. The number of fused-ring (bicyclic) bond motifs is 4. The summed E-state index contributed by atoms with van der Waals surface area (Å²) in [6, 6.07) is 84.7. The molecule has 0 spiro atoms. The van der Waals surface area contributed by atoms with Crippen molar-refractivity contribution in [3.8, 4) is 55.8 Å². The molecule has 0 aliphatic rings. The van der Waals surface area contributed by atoms with Gasteiger partial charge in [-0.2, -0.15) is 0 Å². The van der Waals surface area contributed by atoms with Crippen LogP contribution >= 0.6 is 0 Å². The predicted molar refractivity (Wildman–Crippen MR) is 253 cm³/mol. The van der Waals surface area contributed by atoms with Crippen molar-refractivity contribution < 1.29 is 4.42 Å². The van der Waals surface area contributed by atoms with Gasteiger partial charge in [0.25, 0.3) is 0 Å². The second-order valence-electron chi connectivity index (χ2n) is 15.3. The summed E-state index contributed by atoms with van der Waals surface area (Å²) in [6.07, 6.45) is 0. The highest BCUT2D eigenvalue weighted by atomic mass is 16.3. The number of furan rings is 1. The van der Waals surface area contributed by atoms with Crippen LogP contribution in [0.2, 0.25) is 0 Å². The maximum atomic E-state index is 6.83. The Morgan fingerprint density at radius 2 is 0.767 bits per heavy atom. The molecule has 0 N–H and O–H groups in total. The zero-order valence-corrected chi connectivity index (χ0v) is 32.9. The van der Waals surface area contributed by atoms with Gasteiger partial charge < -0.3 is 9.32 Å². The second-order valence-corrected chi connectivity index (χ2v) is 15.3. The topological polar surface area (TPSA) is 16.4 Å². The van der Waals surface area contributed by atoms with Gasteiger partial charge in [-0.25, -0.2) is 0 Å². The van der Waals surface area contributed by atoms with Crippen LogP contribution < -0.4 is 4.90 Å². The zero-order chi connectivity index (χ0) is 39.8. The van der Waals surface area contributed by atoms with Crippen LogP contribution in [0.1, 0.15) is 0 Å². The highest BCUT2D eigenvalue weighted by Crippen LogP contribution is 2.47. The lowest BCUT2D eigenvalue weighted by molar-refractivity contribution is 0.632. The van der Waals surface area contributed by atoms with E-state index in [9.17, 15) is 0 Å². The molecule has 11 aromatic rings. The van der Waals surface area contributed by atoms with Crippen LogP contribution in [0.4, 0.5) is 17.1 Å². The summed E-state index contributed by atoms with van der Waals surface area (Å²) in [7, 11) is 0. The molecule has 0 atom stereocenters. The van der Waals surface area contributed by atoms with Crippen molar-refractivity contribution in [1.82, 2.24) is 0 Å². The first-order chi connectivity index (χ1) is 29.7.